The van der Waals surface area contributed by atoms with E-state index in [-0.39, 0.29) is 11.3 Å². The minimum Gasteiger partial charge on any atom is -0.194 e. The van der Waals surface area contributed by atoms with E-state index >= 15 is 0 Å². The summed E-state index contributed by atoms with van der Waals surface area (Å²) in [5, 5.41) is 3.32. The molecule has 0 saturated carbocycles. The molecule has 80 valence electrons. The molecule has 0 amide bonds. The second-order valence-electron chi connectivity index (χ2n) is 2.69. The molecule has 1 aromatic carbocycles. The average molecular weight is 341 g/mol. The minimum atomic E-state index is -4.56. The largest absolute Gasteiger partial charge is 0.306 e. The molecule has 0 heterocycles. The Balaban J connectivity index is 3.14. The van der Waals surface area contributed by atoms with Crippen molar-refractivity contribution in [1.82, 2.24) is 0 Å². The molecule has 0 aromatic heterocycles. The number of hydrogen-bond acceptors (Lipinski definition) is 3. The minimum absolute atomic E-state index is 0.256. The lowest BCUT2D eigenvalue weighted by Gasteiger charge is -2.00. The molecule has 0 unspecified atom stereocenters. The first-order valence-corrected chi connectivity index (χ1v) is 6.31. The molecular weight excluding hydrogens is 336 g/mol. The van der Waals surface area contributed by atoms with Gasteiger partial charge in [-0.25, -0.2) is 0 Å². The Hall–Kier alpha value is -0.860. The van der Waals surface area contributed by atoms with E-state index < -0.39 is 16.0 Å². The van der Waals surface area contributed by atoms with Gasteiger partial charge < -0.3 is 0 Å². The van der Waals surface area contributed by atoms with Crippen molar-refractivity contribution >= 4 is 38.5 Å². The van der Waals surface area contributed by atoms with E-state index in [9.17, 15) is 12.3 Å². The monoisotopic (exact) mass is 341 g/mol. The number of azide groups is 1. The zero-order chi connectivity index (χ0) is 11.5. The number of halogens is 2. The molecule has 0 saturated heterocycles. The van der Waals surface area contributed by atoms with Crippen molar-refractivity contribution in [2.24, 2.45) is 5.11 Å². The first-order chi connectivity index (χ1) is 6.90. The van der Waals surface area contributed by atoms with E-state index in [1.54, 1.807) is 6.07 Å². The first kappa shape index (κ1) is 12.2. The summed E-state index contributed by atoms with van der Waals surface area (Å²) in [7, 11) is -4.56. The lowest BCUT2D eigenvalue weighted by molar-refractivity contribution is 0.551. The quantitative estimate of drug-likeness (QED) is 0.278. The van der Waals surface area contributed by atoms with Crippen LogP contribution in [0.5, 0.6) is 0 Å². The third-order valence-corrected chi connectivity index (χ3v) is 2.74. The third kappa shape index (κ3) is 4.45. The lowest BCUT2D eigenvalue weighted by atomic mass is 10.2. The van der Waals surface area contributed by atoms with Gasteiger partial charge in [0.25, 0.3) is 0 Å². The topological polar surface area (TPSA) is 82.9 Å². The average Bonchev–Trinajstić information content (AvgIpc) is 1.99. The fraction of sp³-hybridized carbons (Fsp3) is 0.143. The first-order valence-electron chi connectivity index (χ1n) is 3.67. The molecule has 0 aliphatic rings. The summed E-state index contributed by atoms with van der Waals surface area (Å²) in [6.45, 7) is 0. The van der Waals surface area contributed by atoms with E-state index in [4.69, 9.17) is 5.53 Å². The van der Waals surface area contributed by atoms with Crippen molar-refractivity contribution in [3.63, 3.8) is 0 Å². The molecule has 5 nitrogen and oxygen atoms in total. The standard InChI is InChI=1S/C7H5FIN3O2S/c8-15(13,14)4-5-1-6(9)3-7(2-5)11-12-10/h1-3H,4H2. The predicted octanol–water partition coefficient (Wildman–Crippen LogP) is 3.03. The summed E-state index contributed by atoms with van der Waals surface area (Å²) in [5.74, 6) is -0.711. The molecule has 0 fully saturated rings. The van der Waals surface area contributed by atoms with Gasteiger partial charge in [-0.05, 0) is 51.9 Å². The summed E-state index contributed by atoms with van der Waals surface area (Å²) >= 11 is 1.92. The Labute approximate surface area is 99.3 Å². The highest BCUT2D eigenvalue weighted by Gasteiger charge is 2.09. The summed E-state index contributed by atoms with van der Waals surface area (Å²) in [5.41, 5.74) is 8.72. The molecule has 0 aliphatic heterocycles. The SMILES string of the molecule is [N-]=[N+]=Nc1cc(I)cc(CS(=O)(=O)F)c1. The van der Waals surface area contributed by atoms with Crippen LogP contribution in [0.1, 0.15) is 5.56 Å². The summed E-state index contributed by atoms with van der Waals surface area (Å²) < 4.78 is 33.9. The fourth-order valence-corrected chi connectivity index (χ4v) is 2.31. The van der Waals surface area contributed by atoms with Gasteiger partial charge in [0.05, 0.1) is 0 Å². The van der Waals surface area contributed by atoms with Crippen molar-refractivity contribution in [1.29, 1.82) is 0 Å². The van der Waals surface area contributed by atoms with Crippen LogP contribution in [0.3, 0.4) is 0 Å². The van der Waals surface area contributed by atoms with Crippen LogP contribution in [0, 0.1) is 3.57 Å². The van der Waals surface area contributed by atoms with Crippen molar-refractivity contribution in [3.8, 4) is 0 Å². The van der Waals surface area contributed by atoms with Gasteiger partial charge in [0.15, 0.2) is 0 Å². The molecule has 0 radical (unpaired) electrons. The Bertz CT molecular complexity index is 525. The predicted molar refractivity (Wildman–Crippen MR) is 61.7 cm³/mol. The Morgan fingerprint density at radius 2 is 2.13 bits per heavy atom. The second kappa shape index (κ2) is 4.77. The summed E-state index contributed by atoms with van der Waals surface area (Å²) in [4.78, 5) is 2.56. The molecule has 15 heavy (non-hydrogen) atoms. The van der Waals surface area contributed by atoms with Crippen LogP contribution in [0.15, 0.2) is 23.3 Å². The van der Waals surface area contributed by atoms with Crippen LogP contribution in [0.25, 0.3) is 10.4 Å². The second-order valence-corrected chi connectivity index (χ2v) is 5.30. The lowest BCUT2D eigenvalue weighted by Crippen LogP contribution is -1.96. The smallest absolute Gasteiger partial charge is 0.194 e. The maximum atomic E-state index is 12.4. The maximum Gasteiger partial charge on any atom is 0.306 e. The van der Waals surface area contributed by atoms with Crippen molar-refractivity contribution < 1.29 is 12.3 Å². The highest BCUT2D eigenvalue weighted by molar-refractivity contribution is 14.1. The van der Waals surface area contributed by atoms with Crippen molar-refractivity contribution in [2.75, 3.05) is 0 Å². The molecule has 1 rings (SSSR count). The molecular formula is C7H5FIN3O2S. The zero-order valence-corrected chi connectivity index (χ0v) is 10.2. The molecule has 0 spiro atoms. The summed E-state index contributed by atoms with van der Waals surface area (Å²) in [6.07, 6.45) is 0. The van der Waals surface area contributed by atoms with Gasteiger partial charge >= 0.3 is 10.2 Å². The molecule has 0 bridgehead atoms. The Kier molecular flexibility index (Phi) is 3.89. The van der Waals surface area contributed by atoms with E-state index in [2.05, 4.69) is 10.0 Å². The van der Waals surface area contributed by atoms with Gasteiger partial charge in [-0.2, -0.15) is 8.42 Å². The van der Waals surface area contributed by atoms with Gasteiger partial charge in [0.2, 0.25) is 0 Å². The van der Waals surface area contributed by atoms with E-state index in [0.717, 1.165) is 0 Å². The molecule has 1 aromatic rings. The molecule has 8 heteroatoms. The van der Waals surface area contributed by atoms with Gasteiger partial charge in [-0.15, -0.1) is 3.89 Å². The van der Waals surface area contributed by atoms with E-state index in [1.807, 2.05) is 22.6 Å². The third-order valence-electron chi connectivity index (χ3n) is 1.44. The number of rotatable bonds is 3. The number of hydrogen-bond donors (Lipinski definition) is 0. The van der Waals surface area contributed by atoms with E-state index in [1.165, 1.54) is 12.1 Å². The maximum absolute atomic E-state index is 12.4. The van der Waals surface area contributed by atoms with Gasteiger partial charge in [0, 0.05) is 14.2 Å². The van der Waals surface area contributed by atoms with Crippen LogP contribution in [0.4, 0.5) is 9.57 Å². The Morgan fingerprint density at radius 1 is 1.47 bits per heavy atom. The van der Waals surface area contributed by atoms with Crippen LogP contribution in [0.2, 0.25) is 0 Å². The van der Waals surface area contributed by atoms with Crippen LogP contribution in [-0.4, -0.2) is 8.42 Å². The summed E-state index contributed by atoms with van der Waals surface area (Å²) in [6, 6.07) is 4.40. The molecule has 0 N–H and O–H groups in total. The fourth-order valence-electron chi connectivity index (χ4n) is 1.03. The highest BCUT2D eigenvalue weighted by Crippen LogP contribution is 2.21. The molecule has 0 atom stereocenters. The van der Waals surface area contributed by atoms with Gasteiger partial charge in [-0.3, -0.25) is 0 Å². The van der Waals surface area contributed by atoms with Crippen LogP contribution in [-0.2, 0) is 16.0 Å². The van der Waals surface area contributed by atoms with Crippen molar-refractivity contribution in [3.05, 3.63) is 37.8 Å². The van der Waals surface area contributed by atoms with Gasteiger partial charge in [0.1, 0.15) is 5.75 Å². The highest BCUT2D eigenvalue weighted by atomic mass is 127. The number of benzene rings is 1. The van der Waals surface area contributed by atoms with Gasteiger partial charge in [-0.1, -0.05) is 5.11 Å². The zero-order valence-electron chi connectivity index (χ0n) is 7.26. The van der Waals surface area contributed by atoms with Crippen molar-refractivity contribution in [2.45, 2.75) is 5.75 Å². The van der Waals surface area contributed by atoms with Crippen LogP contribution < -0.4 is 0 Å². The van der Waals surface area contributed by atoms with Crippen LogP contribution >= 0.6 is 22.6 Å². The normalized spacial score (nSPS) is 10.8. The Morgan fingerprint density at radius 3 is 2.67 bits per heavy atom. The number of nitrogens with zero attached hydrogens (tertiary/aromatic N) is 3. The molecule has 0 aliphatic carbocycles. The van der Waals surface area contributed by atoms with E-state index in [0.29, 0.717) is 3.57 Å².